The minimum Gasteiger partial charge on any atom is -0.491 e. The van der Waals surface area contributed by atoms with Crippen molar-refractivity contribution >= 4 is 11.6 Å². The molecule has 0 unspecified atom stereocenters. The van der Waals surface area contributed by atoms with Crippen LogP contribution >= 0.6 is 0 Å². The molecule has 0 radical (unpaired) electrons. The van der Waals surface area contributed by atoms with Crippen LogP contribution in [0.3, 0.4) is 0 Å². The summed E-state index contributed by atoms with van der Waals surface area (Å²) in [6, 6.07) is 12.7. The second-order valence-electron chi connectivity index (χ2n) is 5.43. The minimum atomic E-state index is -0.435. The first-order valence-corrected chi connectivity index (χ1v) is 7.62. The fourth-order valence-corrected chi connectivity index (χ4v) is 2.43. The molecule has 0 bridgehead atoms. The van der Waals surface area contributed by atoms with Crippen LogP contribution in [0.25, 0.3) is 0 Å². The normalized spacial score (nSPS) is 17.0. The first-order valence-electron chi connectivity index (χ1n) is 7.62. The molecule has 0 aromatic heterocycles. The van der Waals surface area contributed by atoms with Gasteiger partial charge in [-0.2, -0.15) is 0 Å². The number of hydrogen-bond donors (Lipinski definition) is 1. The Morgan fingerprint density at radius 1 is 1.26 bits per heavy atom. The number of amides is 1. The third kappa shape index (κ3) is 4.29. The third-order valence-electron chi connectivity index (χ3n) is 3.66. The molecule has 5 heteroatoms. The van der Waals surface area contributed by atoms with Crippen molar-refractivity contribution in [2.24, 2.45) is 0 Å². The molecule has 0 spiro atoms. The van der Waals surface area contributed by atoms with Gasteiger partial charge in [0.15, 0.2) is 0 Å². The molecule has 0 aliphatic carbocycles. The molecule has 23 heavy (non-hydrogen) atoms. The van der Waals surface area contributed by atoms with Crippen LogP contribution < -0.4 is 10.1 Å². The average Bonchev–Trinajstić information content (AvgIpc) is 3.08. The molecule has 0 saturated carbocycles. The number of carbonyl (C=O) groups excluding carboxylic acids is 1. The maximum atomic E-state index is 13.1. The van der Waals surface area contributed by atoms with Gasteiger partial charge in [-0.3, -0.25) is 4.79 Å². The summed E-state index contributed by atoms with van der Waals surface area (Å²) in [6.45, 7) is 1.34. The van der Waals surface area contributed by atoms with Crippen molar-refractivity contribution in [3.05, 3.63) is 59.9 Å². The van der Waals surface area contributed by atoms with E-state index in [9.17, 15) is 9.18 Å². The zero-order valence-corrected chi connectivity index (χ0v) is 12.6. The summed E-state index contributed by atoms with van der Waals surface area (Å²) in [5.74, 6) is -0.0580. The Bertz CT molecular complexity index is 666. The van der Waals surface area contributed by atoms with Crippen molar-refractivity contribution in [2.45, 2.75) is 18.9 Å². The van der Waals surface area contributed by atoms with E-state index in [-0.39, 0.29) is 17.6 Å². The van der Waals surface area contributed by atoms with E-state index in [0.717, 1.165) is 25.2 Å². The molecule has 1 N–H and O–H groups in total. The van der Waals surface area contributed by atoms with Gasteiger partial charge < -0.3 is 14.8 Å². The molecule has 1 heterocycles. The van der Waals surface area contributed by atoms with Crippen molar-refractivity contribution in [1.82, 2.24) is 0 Å². The summed E-state index contributed by atoms with van der Waals surface area (Å²) in [5, 5.41) is 2.72. The Morgan fingerprint density at radius 3 is 2.78 bits per heavy atom. The van der Waals surface area contributed by atoms with E-state index in [1.54, 1.807) is 30.3 Å². The van der Waals surface area contributed by atoms with Gasteiger partial charge in [-0.15, -0.1) is 0 Å². The maximum Gasteiger partial charge on any atom is 0.255 e. The maximum absolute atomic E-state index is 13.1. The van der Waals surface area contributed by atoms with Gasteiger partial charge in [0.2, 0.25) is 0 Å². The first-order chi connectivity index (χ1) is 11.2. The highest BCUT2D eigenvalue weighted by atomic mass is 19.1. The molecule has 1 fully saturated rings. The zero-order valence-electron chi connectivity index (χ0n) is 12.6. The van der Waals surface area contributed by atoms with E-state index in [2.05, 4.69) is 5.32 Å². The van der Waals surface area contributed by atoms with Gasteiger partial charge in [0, 0.05) is 17.9 Å². The van der Waals surface area contributed by atoms with Crippen molar-refractivity contribution in [3.8, 4) is 5.75 Å². The number of benzene rings is 2. The van der Waals surface area contributed by atoms with Crippen molar-refractivity contribution in [2.75, 3.05) is 18.5 Å². The van der Waals surface area contributed by atoms with E-state index in [1.807, 2.05) is 0 Å². The summed E-state index contributed by atoms with van der Waals surface area (Å²) >= 11 is 0. The van der Waals surface area contributed by atoms with Gasteiger partial charge in [0.1, 0.15) is 18.2 Å². The Balaban J connectivity index is 1.55. The van der Waals surface area contributed by atoms with Crippen LogP contribution in [0.15, 0.2) is 48.5 Å². The fourth-order valence-electron chi connectivity index (χ4n) is 2.43. The van der Waals surface area contributed by atoms with Crippen molar-refractivity contribution in [3.63, 3.8) is 0 Å². The lowest BCUT2D eigenvalue weighted by Gasteiger charge is -2.12. The second-order valence-corrected chi connectivity index (χ2v) is 5.43. The Labute approximate surface area is 134 Å². The zero-order chi connectivity index (χ0) is 16.1. The SMILES string of the molecule is O=C(Nc1ccc(OC[C@H]2CCCO2)cc1)c1cccc(F)c1. The highest BCUT2D eigenvalue weighted by Crippen LogP contribution is 2.19. The van der Waals surface area contributed by atoms with E-state index in [0.29, 0.717) is 12.3 Å². The Morgan fingerprint density at radius 2 is 2.09 bits per heavy atom. The quantitative estimate of drug-likeness (QED) is 0.916. The van der Waals surface area contributed by atoms with Gasteiger partial charge in [-0.1, -0.05) is 6.07 Å². The third-order valence-corrected chi connectivity index (χ3v) is 3.66. The Kier molecular flexibility index (Phi) is 4.88. The highest BCUT2D eigenvalue weighted by Gasteiger charge is 2.16. The summed E-state index contributed by atoms with van der Waals surface area (Å²) in [5.41, 5.74) is 0.910. The van der Waals surface area contributed by atoms with Crippen LogP contribution in [-0.2, 0) is 4.74 Å². The lowest BCUT2D eigenvalue weighted by atomic mass is 10.2. The highest BCUT2D eigenvalue weighted by molar-refractivity contribution is 6.04. The smallest absolute Gasteiger partial charge is 0.255 e. The second kappa shape index (κ2) is 7.24. The van der Waals surface area contributed by atoms with E-state index in [4.69, 9.17) is 9.47 Å². The molecule has 1 aliphatic rings. The summed E-state index contributed by atoms with van der Waals surface area (Å²) in [6.07, 6.45) is 2.28. The van der Waals surface area contributed by atoms with Crippen LogP contribution in [0.5, 0.6) is 5.75 Å². The standard InChI is InChI=1S/C18H18FNO3/c19-14-4-1-3-13(11-14)18(21)20-15-6-8-16(9-7-15)23-12-17-5-2-10-22-17/h1,3-4,6-9,11,17H,2,5,10,12H2,(H,20,21)/t17-/m1/s1. The van der Waals surface area contributed by atoms with Crippen LogP contribution in [0.2, 0.25) is 0 Å². The van der Waals surface area contributed by atoms with E-state index >= 15 is 0 Å². The lowest BCUT2D eigenvalue weighted by Crippen LogP contribution is -2.16. The van der Waals surface area contributed by atoms with Gasteiger partial charge in [0.25, 0.3) is 5.91 Å². The number of hydrogen-bond acceptors (Lipinski definition) is 3. The summed E-state index contributed by atoms with van der Waals surface area (Å²) < 4.78 is 24.3. The van der Waals surface area contributed by atoms with Gasteiger partial charge in [-0.05, 0) is 55.3 Å². The molecule has 1 saturated heterocycles. The number of nitrogens with one attached hydrogen (secondary N) is 1. The predicted molar refractivity (Wildman–Crippen MR) is 85.3 cm³/mol. The van der Waals surface area contributed by atoms with Crippen LogP contribution in [0.4, 0.5) is 10.1 Å². The topological polar surface area (TPSA) is 47.6 Å². The largest absolute Gasteiger partial charge is 0.491 e. The summed E-state index contributed by atoms with van der Waals surface area (Å²) in [4.78, 5) is 12.0. The number of halogens is 1. The van der Waals surface area contributed by atoms with Gasteiger partial charge in [-0.25, -0.2) is 4.39 Å². The Hall–Kier alpha value is -2.40. The first kappa shape index (κ1) is 15.5. The number of carbonyl (C=O) groups is 1. The van der Waals surface area contributed by atoms with Crippen LogP contribution in [0.1, 0.15) is 23.2 Å². The molecule has 1 aliphatic heterocycles. The van der Waals surface area contributed by atoms with Gasteiger partial charge in [0.05, 0.1) is 6.10 Å². The van der Waals surface area contributed by atoms with E-state index < -0.39 is 5.82 Å². The monoisotopic (exact) mass is 315 g/mol. The van der Waals surface area contributed by atoms with Crippen LogP contribution in [0, 0.1) is 5.82 Å². The molecule has 1 atom stereocenters. The summed E-state index contributed by atoms with van der Waals surface area (Å²) in [7, 11) is 0. The molecular weight excluding hydrogens is 297 g/mol. The predicted octanol–water partition coefficient (Wildman–Crippen LogP) is 3.64. The van der Waals surface area contributed by atoms with Crippen molar-refractivity contribution < 1.29 is 18.7 Å². The van der Waals surface area contributed by atoms with Gasteiger partial charge >= 0.3 is 0 Å². The molecule has 120 valence electrons. The number of ether oxygens (including phenoxy) is 2. The number of rotatable bonds is 5. The number of anilines is 1. The fraction of sp³-hybridized carbons (Fsp3) is 0.278. The average molecular weight is 315 g/mol. The molecule has 3 rings (SSSR count). The molecular formula is C18H18FNO3. The van der Waals surface area contributed by atoms with E-state index in [1.165, 1.54) is 18.2 Å². The molecule has 2 aromatic carbocycles. The van der Waals surface area contributed by atoms with Crippen molar-refractivity contribution in [1.29, 1.82) is 0 Å². The minimum absolute atomic E-state index is 0.169. The van der Waals surface area contributed by atoms with Crippen LogP contribution in [-0.4, -0.2) is 25.2 Å². The molecule has 4 nitrogen and oxygen atoms in total. The lowest BCUT2D eigenvalue weighted by molar-refractivity contribution is 0.0679. The molecule has 1 amide bonds. The molecule has 2 aromatic rings.